The Kier molecular flexibility index (Phi) is 5.14. The number of rotatable bonds is 5. The minimum absolute atomic E-state index is 0.108. The lowest BCUT2D eigenvalue weighted by atomic mass is 9.87. The van der Waals surface area contributed by atoms with E-state index >= 15 is 0 Å². The molecular weight excluding hydrogens is 201 g/mol. The fourth-order valence-corrected chi connectivity index (χ4v) is 1.08. The molecule has 0 unspecified atom stereocenters. The molecule has 13 heavy (non-hydrogen) atoms. The zero-order chi connectivity index (χ0) is 10.5. The van der Waals surface area contributed by atoms with Gasteiger partial charge < -0.3 is 4.18 Å². The highest BCUT2D eigenvalue weighted by molar-refractivity contribution is 7.93. The van der Waals surface area contributed by atoms with Crippen LogP contribution in [0.25, 0.3) is 0 Å². The SMILES string of the molecule is CSOCCCC(C)(C)C(F)(F)F. The lowest BCUT2D eigenvalue weighted by Gasteiger charge is -2.27. The summed E-state index contributed by atoms with van der Waals surface area (Å²) >= 11 is 1.18. The van der Waals surface area contributed by atoms with E-state index in [1.807, 2.05) is 0 Å². The second-order valence-corrected chi connectivity index (χ2v) is 4.04. The van der Waals surface area contributed by atoms with Crippen molar-refractivity contribution in [3.8, 4) is 0 Å². The molecular formula is C8H15F3OS. The average molecular weight is 216 g/mol. The van der Waals surface area contributed by atoms with Gasteiger partial charge in [-0.2, -0.15) is 13.2 Å². The van der Waals surface area contributed by atoms with Gasteiger partial charge in [-0.05, 0) is 24.9 Å². The van der Waals surface area contributed by atoms with Crippen molar-refractivity contribution in [1.82, 2.24) is 0 Å². The Balaban J connectivity index is 3.77. The third-order valence-electron chi connectivity index (χ3n) is 1.91. The molecule has 0 saturated heterocycles. The van der Waals surface area contributed by atoms with Crippen molar-refractivity contribution < 1.29 is 17.4 Å². The van der Waals surface area contributed by atoms with E-state index in [0.29, 0.717) is 13.0 Å². The van der Waals surface area contributed by atoms with Crippen LogP contribution >= 0.6 is 12.0 Å². The van der Waals surface area contributed by atoms with E-state index in [0.717, 1.165) is 0 Å². The fourth-order valence-electron chi connectivity index (χ4n) is 0.798. The average Bonchev–Trinajstić information content (AvgIpc) is 1.96. The lowest BCUT2D eigenvalue weighted by molar-refractivity contribution is -0.214. The van der Waals surface area contributed by atoms with E-state index in [2.05, 4.69) is 0 Å². The highest BCUT2D eigenvalue weighted by Gasteiger charge is 2.46. The number of alkyl halides is 3. The van der Waals surface area contributed by atoms with Crippen LogP contribution < -0.4 is 0 Å². The van der Waals surface area contributed by atoms with Crippen LogP contribution in [0.5, 0.6) is 0 Å². The Morgan fingerprint density at radius 3 is 2.15 bits per heavy atom. The normalized spacial score (nSPS) is 13.4. The molecule has 0 aromatic rings. The van der Waals surface area contributed by atoms with E-state index < -0.39 is 11.6 Å². The molecule has 0 aliphatic carbocycles. The molecule has 0 radical (unpaired) electrons. The first-order valence-corrected chi connectivity index (χ1v) is 5.18. The van der Waals surface area contributed by atoms with Gasteiger partial charge in [-0.1, -0.05) is 13.8 Å². The van der Waals surface area contributed by atoms with Crippen molar-refractivity contribution in [2.24, 2.45) is 5.41 Å². The summed E-state index contributed by atoms with van der Waals surface area (Å²) in [7, 11) is 0. The van der Waals surface area contributed by atoms with E-state index in [1.54, 1.807) is 6.26 Å². The predicted molar refractivity (Wildman–Crippen MR) is 48.5 cm³/mol. The van der Waals surface area contributed by atoms with Gasteiger partial charge in [0, 0.05) is 6.26 Å². The van der Waals surface area contributed by atoms with Crippen LogP contribution in [0.3, 0.4) is 0 Å². The molecule has 0 bridgehead atoms. The largest absolute Gasteiger partial charge is 0.393 e. The Morgan fingerprint density at radius 1 is 1.23 bits per heavy atom. The molecule has 0 saturated carbocycles. The summed E-state index contributed by atoms with van der Waals surface area (Å²) in [4.78, 5) is 0. The van der Waals surface area contributed by atoms with Crippen molar-refractivity contribution in [2.75, 3.05) is 12.9 Å². The summed E-state index contributed by atoms with van der Waals surface area (Å²) < 4.78 is 41.8. The van der Waals surface area contributed by atoms with Crippen LogP contribution in [0.15, 0.2) is 0 Å². The molecule has 0 aromatic carbocycles. The van der Waals surface area contributed by atoms with Gasteiger partial charge in [0.2, 0.25) is 0 Å². The van der Waals surface area contributed by atoms with Crippen LogP contribution in [-0.2, 0) is 4.18 Å². The van der Waals surface area contributed by atoms with Crippen LogP contribution in [0.1, 0.15) is 26.7 Å². The molecule has 0 N–H and O–H groups in total. The summed E-state index contributed by atoms with van der Waals surface area (Å²) in [6, 6.07) is 0. The molecule has 0 fully saturated rings. The summed E-state index contributed by atoms with van der Waals surface area (Å²) in [5.41, 5.74) is -1.60. The molecule has 0 aliphatic rings. The first kappa shape index (κ1) is 13.1. The second-order valence-electron chi connectivity index (χ2n) is 3.47. The van der Waals surface area contributed by atoms with Crippen molar-refractivity contribution in [2.45, 2.75) is 32.9 Å². The molecule has 0 amide bonds. The third kappa shape index (κ3) is 4.76. The molecule has 0 atom stereocenters. The number of hydrogen-bond donors (Lipinski definition) is 0. The van der Waals surface area contributed by atoms with Crippen molar-refractivity contribution >= 4 is 12.0 Å². The summed E-state index contributed by atoms with van der Waals surface area (Å²) in [5, 5.41) is 0. The van der Waals surface area contributed by atoms with Gasteiger partial charge in [-0.25, -0.2) is 0 Å². The summed E-state index contributed by atoms with van der Waals surface area (Å²) in [6.45, 7) is 2.80. The van der Waals surface area contributed by atoms with E-state index in [4.69, 9.17) is 4.18 Å². The first-order chi connectivity index (χ1) is 5.81. The maximum Gasteiger partial charge on any atom is 0.393 e. The molecule has 80 valence electrons. The Labute approximate surface area is 81.2 Å². The van der Waals surface area contributed by atoms with Gasteiger partial charge in [0.05, 0.1) is 12.0 Å². The van der Waals surface area contributed by atoms with Gasteiger partial charge in [0.15, 0.2) is 0 Å². The van der Waals surface area contributed by atoms with E-state index in [-0.39, 0.29) is 6.42 Å². The van der Waals surface area contributed by atoms with Gasteiger partial charge in [-0.15, -0.1) is 0 Å². The quantitative estimate of drug-likeness (QED) is 0.512. The Morgan fingerprint density at radius 2 is 1.77 bits per heavy atom. The monoisotopic (exact) mass is 216 g/mol. The molecule has 0 aromatic heterocycles. The van der Waals surface area contributed by atoms with Crippen LogP contribution in [0.2, 0.25) is 0 Å². The topological polar surface area (TPSA) is 9.23 Å². The van der Waals surface area contributed by atoms with Gasteiger partial charge in [0.1, 0.15) is 0 Å². The lowest BCUT2D eigenvalue weighted by Crippen LogP contribution is -2.32. The molecule has 0 heterocycles. The van der Waals surface area contributed by atoms with Crippen LogP contribution in [0, 0.1) is 5.41 Å². The van der Waals surface area contributed by atoms with E-state index in [9.17, 15) is 13.2 Å². The second kappa shape index (κ2) is 5.10. The number of hydrogen-bond acceptors (Lipinski definition) is 2. The molecule has 0 spiro atoms. The van der Waals surface area contributed by atoms with Gasteiger partial charge >= 0.3 is 6.18 Å². The molecule has 0 rings (SSSR count). The predicted octanol–water partition coefficient (Wildman–Crippen LogP) is 3.65. The van der Waals surface area contributed by atoms with E-state index in [1.165, 1.54) is 25.9 Å². The minimum Gasteiger partial charge on any atom is -0.316 e. The smallest absolute Gasteiger partial charge is 0.316 e. The molecule has 5 heteroatoms. The van der Waals surface area contributed by atoms with Crippen LogP contribution in [0.4, 0.5) is 13.2 Å². The van der Waals surface area contributed by atoms with Crippen molar-refractivity contribution in [1.29, 1.82) is 0 Å². The van der Waals surface area contributed by atoms with Gasteiger partial charge in [-0.3, -0.25) is 0 Å². The molecule has 1 nitrogen and oxygen atoms in total. The zero-order valence-electron chi connectivity index (χ0n) is 8.07. The Hall–Kier alpha value is 0.100. The zero-order valence-corrected chi connectivity index (χ0v) is 8.89. The maximum atomic E-state index is 12.3. The molecule has 0 aliphatic heterocycles. The summed E-state index contributed by atoms with van der Waals surface area (Å²) in [6.07, 6.45) is -1.83. The first-order valence-electron chi connectivity index (χ1n) is 4.03. The highest BCUT2D eigenvalue weighted by atomic mass is 32.2. The van der Waals surface area contributed by atoms with Gasteiger partial charge in [0.25, 0.3) is 0 Å². The Bertz CT molecular complexity index is 145. The fraction of sp³-hybridized carbons (Fsp3) is 1.00. The van der Waals surface area contributed by atoms with Crippen LogP contribution in [-0.4, -0.2) is 19.0 Å². The highest BCUT2D eigenvalue weighted by Crippen LogP contribution is 2.40. The standard InChI is InChI=1S/C8H15F3OS/c1-7(2,8(9,10)11)5-4-6-12-13-3/h4-6H2,1-3H3. The summed E-state index contributed by atoms with van der Waals surface area (Å²) in [5.74, 6) is 0. The minimum atomic E-state index is -4.12. The van der Waals surface area contributed by atoms with Crippen molar-refractivity contribution in [3.63, 3.8) is 0 Å². The number of halogens is 3. The van der Waals surface area contributed by atoms with Crippen molar-refractivity contribution in [3.05, 3.63) is 0 Å². The maximum absolute atomic E-state index is 12.3. The third-order valence-corrected chi connectivity index (χ3v) is 2.32.